The summed E-state index contributed by atoms with van der Waals surface area (Å²) in [6.07, 6.45) is 1.75. The van der Waals surface area contributed by atoms with Gasteiger partial charge in [-0.05, 0) is 32.9 Å². The average Bonchev–Trinajstić information content (AvgIpc) is 2.56. The Morgan fingerprint density at radius 1 is 1.33 bits per heavy atom. The second-order valence-electron chi connectivity index (χ2n) is 4.07. The van der Waals surface area contributed by atoms with Crippen LogP contribution in [-0.2, 0) is 0 Å². The summed E-state index contributed by atoms with van der Waals surface area (Å²) < 4.78 is 2.15. The molecule has 2 N–H and O–H groups in total. The Labute approximate surface area is 89.1 Å². The fraction of sp³-hybridized carbons (Fsp3) is 0.455. The van der Waals surface area contributed by atoms with Crippen molar-refractivity contribution in [1.82, 2.24) is 14.5 Å². The van der Waals surface area contributed by atoms with E-state index in [1.54, 1.807) is 6.20 Å². The third-order valence-corrected chi connectivity index (χ3v) is 2.42. The zero-order valence-electron chi connectivity index (χ0n) is 9.31. The molecule has 80 valence electrons. The maximum atomic E-state index is 5.91. The summed E-state index contributed by atoms with van der Waals surface area (Å²) in [4.78, 5) is 8.70. The number of aromatic nitrogens is 3. The minimum Gasteiger partial charge on any atom is -0.323 e. The van der Waals surface area contributed by atoms with Crippen LogP contribution in [0.15, 0.2) is 18.3 Å². The highest BCUT2D eigenvalue weighted by atomic mass is 15.1. The third kappa shape index (κ3) is 1.61. The van der Waals surface area contributed by atoms with Crippen molar-refractivity contribution in [3.8, 4) is 0 Å². The first kappa shape index (κ1) is 10.1. The van der Waals surface area contributed by atoms with E-state index in [1.165, 1.54) is 0 Å². The fourth-order valence-corrected chi connectivity index (χ4v) is 1.81. The molecule has 2 rings (SSSR count). The van der Waals surface area contributed by atoms with E-state index >= 15 is 0 Å². The van der Waals surface area contributed by atoms with Gasteiger partial charge in [-0.15, -0.1) is 0 Å². The lowest BCUT2D eigenvalue weighted by molar-refractivity contribution is 0.558. The molecule has 0 aliphatic rings. The molecule has 0 fully saturated rings. The van der Waals surface area contributed by atoms with Crippen LogP contribution in [0.2, 0.25) is 0 Å². The number of nitrogens with zero attached hydrogens (tertiary/aromatic N) is 3. The van der Waals surface area contributed by atoms with Crippen molar-refractivity contribution in [1.29, 1.82) is 0 Å². The lowest BCUT2D eigenvalue weighted by atomic mass is 10.3. The molecule has 0 spiro atoms. The van der Waals surface area contributed by atoms with Gasteiger partial charge in [0.1, 0.15) is 5.82 Å². The van der Waals surface area contributed by atoms with Crippen molar-refractivity contribution < 1.29 is 0 Å². The first-order chi connectivity index (χ1) is 7.11. The first-order valence-corrected chi connectivity index (χ1v) is 5.19. The Hall–Kier alpha value is -1.42. The molecule has 15 heavy (non-hydrogen) atoms. The fourth-order valence-electron chi connectivity index (χ4n) is 1.81. The summed E-state index contributed by atoms with van der Waals surface area (Å²) in [7, 11) is 0. The lowest BCUT2D eigenvalue weighted by Gasteiger charge is -2.14. The predicted octanol–water partition coefficient (Wildman–Crippen LogP) is 2.03. The largest absolute Gasteiger partial charge is 0.323 e. The molecule has 2 aromatic heterocycles. The molecule has 0 saturated heterocycles. The number of imidazole rings is 1. The zero-order valence-corrected chi connectivity index (χ0v) is 9.31. The molecule has 2 aromatic rings. The highest BCUT2D eigenvalue weighted by molar-refractivity contribution is 5.71. The molecule has 4 nitrogen and oxygen atoms in total. The van der Waals surface area contributed by atoms with Gasteiger partial charge in [0, 0.05) is 12.2 Å². The van der Waals surface area contributed by atoms with Gasteiger partial charge in [-0.25, -0.2) is 9.97 Å². The molecule has 0 aliphatic carbocycles. The van der Waals surface area contributed by atoms with E-state index in [4.69, 9.17) is 5.73 Å². The predicted molar refractivity (Wildman–Crippen MR) is 60.5 cm³/mol. The van der Waals surface area contributed by atoms with Gasteiger partial charge in [-0.2, -0.15) is 0 Å². The van der Waals surface area contributed by atoms with E-state index in [1.807, 2.05) is 19.1 Å². The Kier molecular flexibility index (Phi) is 2.44. The molecule has 2 heterocycles. The molecule has 1 atom stereocenters. The van der Waals surface area contributed by atoms with E-state index in [0.717, 1.165) is 17.0 Å². The van der Waals surface area contributed by atoms with E-state index in [0.29, 0.717) is 6.04 Å². The van der Waals surface area contributed by atoms with Gasteiger partial charge in [-0.1, -0.05) is 0 Å². The summed E-state index contributed by atoms with van der Waals surface area (Å²) in [6.45, 7) is 6.19. The second kappa shape index (κ2) is 3.62. The summed E-state index contributed by atoms with van der Waals surface area (Å²) in [5.41, 5.74) is 7.74. The monoisotopic (exact) mass is 204 g/mol. The van der Waals surface area contributed by atoms with E-state index < -0.39 is 0 Å². The minimum atomic E-state index is -0.0680. The van der Waals surface area contributed by atoms with Gasteiger partial charge in [0.15, 0.2) is 5.65 Å². The molecule has 0 aromatic carbocycles. The van der Waals surface area contributed by atoms with Gasteiger partial charge < -0.3 is 10.3 Å². The molecule has 0 radical (unpaired) electrons. The summed E-state index contributed by atoms with van der Waals surface area (Å²) in [5.74, 6) is 0.902. The molecule has 0 amide bonds. The van der Waals surface area contributed by atoms with Crippen LogP contribution in [0.4, 0.5) is 0 Å². The summed E-state index contributed by atoms with van der Waals surface area (Å²) >= 11 is 0. The van der Waals surface area contributed by atoms with E-state index in [2.05, 4.69) is 28.4 Å². The van der Waals surface area contributed by atoms with Crippen LogP contribution in [-0.4, -0.2) is 14.5 Å². The van der Waals surface area contributed by atoms with Crippen LogP contribution in [0, 0.1) is 0 Å². The second-order valence-corrected chi connectivity index (χ2v) is 4.07. The van der Waals surface area contributed by atoms with Crippen molar-refractivity contribution in [3.63, 3.8) is 0 Å². The Balaban J connectivity index is 2.75. The van der Waals surface area contributed by atoms with Gasteiger partial charge in [0.2, 0.25) is 0 Å². The smallest absolute Gasteiger partial charge is 0.177 e. The first-order valence-electron chi connectivity index (χ1n) is 5.19. The summed E-state index contributed by atoms with van der Waals surface area (Å²) in [6, 6.07) is 4.23. The molecule has 0 aliphatic heterocycles. The SMILES string of the molecule is CC(C)n1c([C@H](C)N)nc2ncccc21. The van der Waals surface area contributed by atoms with Gasteiger partial charge in [0.25, 0.3) is 0 Å². The van der Waals surface area contributed by atoms with Gasteiger partial charge in [-0.3, -0.25) is 0 Å². The van der Waals surface area contributed by atoms with Crippen molar-refractivity contribution in [3.05, 3.63) is 24.2 Å². The van der Waals surface area contributed by atoms with Gasteiger partial charge in [0.05, 0.1) is 11.6 Å². The van der Waals surface area contributed by atoms with Crippen LogP contribution >= 0.6 is 0 Å². The summed E-state index contributed by atoms with van der Waals surface area (Å²) in [5, 5.41) is 0. The van der Waals surface area contributed by atoms with Crippen molar-refractivity contribution >= 4 is 11.2 Å². The number of rotatable bonds is 2. The van der Waals surface area contributed by atoms with Crippen LogP contribution < -0.4 is 5.73 Å². The topological polar surface area (TPSA) is 56.7 Å². The highest BCUT2D eigenvalue weighted by Gasteiger charge is 2.15. The normalized spacial score (nSPS) is 13.7. The number of pyridine rings is 1. The van der Waals surface area contributed by atoms with Crippen LogP contribution in [0.1, 0.15) is 38.7 Å². The van der Waals surface area contributed by atoms with Crippen LogP contribution in [0.3, 0.4) is 0 Å². The number of nitrogens with two attached hydrogens (primary N) is 1. The maximum absolute atomic E-state index is 5.91. The molecule has 0 unspecified atom stereocenters. The van der Waals surface area contributed by atoms with Crippen molar-refractivity contribution in [2.24, 2.45) is 5.73 Å². The number of hydrogen-bond donors (Lipinski definition) is 1. The molecular weight excluding hydrogens is 188 g/mol. The third-order valence-electron chi connectivity index (χ3n) is 2.42. The van der Waals surface area contributed by atoms with Crippen molar-refractivity contribution in [2.75, 3.05) is 0 Å². The molecular formula is C11H16N4. The average molecular weight is 204 g/mol. The van der Waals surface area contributed by atoms with Crippen molar-refractivity contribution in [2.45, 2.75) is 32.9 Å². The Bertz CT molecular complexity index is 470. The van der Waals surface area contributed by atoms with Gasteiger partial charge >= 0.3 is 0 Å². The molecule has 4 heteroatoms. The Morgan fingerprint density at radius 3 is 2.67 bits per heavy atom. The standard InChI is InChI=1S/C11H16N4/c1-7(2)15-9-5-4-6-13-10(9)14-11(15)8(3)12/h4-8H,12H2,1-3H3/t8-/m0/s1. The van der Waals surface area contributed by atoms with E-state index in [9.17, 15) is 0 Å². The molecule has 0 bridgehead atoms. The quantitative estimate of drug-likeness (QED) is 0.814. The van der Waals surface area contributed by atoms with E-state index in [-0.39, 0.29) is 6.04 Å². The molecule has 0 saturated carbocycles. The Morgan fingerprint density at radius 2 is 2.07 bits per heavy atom. The maximum Gasteiger partial charge on any atom is 0.177 e. The zero-order chi connectivity index (χ0) is 11.0. The number of hydrogen-bond acceptors (Lipinski definition) is 3. The highest BCUT2D eigenvalue weighted by Crippen LogP contribution is 2.22. The number of fused-ring (bicyclic) bond motifs is 1. The minimum absolute atomic E-state index is 0.0680. The lowest BCUT2D eigenvalue weighted by Crippen LogP contribution is -2.14. The van der Waals surface area contributed by atoms with Crippen LogP contribution in [0.25, 0.3) is 11.2 Å². The van der Waals surface area contributed by atoms with Crippen LogP contribution in [0.5, 0.6) is 0 Å².